The third-order valence-electron chi connectivity index (χ3n) is 3.14. The van der Waals surface area contributed by atoms with E-state index in [4.69, 9.17) is 9.47 Å². The van der Waals surface area contributed by atoms with Crippen molar-refractivity contribution in [3.05, 3.63) is 24.3 Å². The van der Waals surface area contributed by atoms with Gasteiger partial charge in [-0.15, -0.1) is 0 Å². The molecule has 2 N–H and O–H groups in total. The highest BCUT2D eigenvalue weighted by molar-refractivity contribution is 5.85. The van der Waals surface area contributed by atoms with E-state index in [2.05, 4.69) is 15.4 Å². The Morgan fingerprint density at radius 2 is 1.70 bits per heavy atom. The number of nitrogens with one attached hydrogen (secondary N) is 2. The van der Waals surface area contributed by atoms with Crippen LogP contribution in [0.3, 0.4) is 0 Å². The van der Waals surface area contributed by atoms with Crippen molar-refractivity contribution in [1.29, 1.82) is 0 Å². The predicted octanol–water partition coefficient (Wildman–Crippen LogP) is 1.57. The van der Waals surface area contributed by atoms with E-state index in [1.54, 1.807) is 31.4 Å². The molecule has 1 atom stereocenters. The van der Waals surface area contributed by atoms with Gasteiger partial charge in [-0.3, -0.25) is 4.79 Å². The number of benzene rings is 1. The van der Waals surface area contributed by atoms with Crippen LogP contribution < -0.4 is 20.1 Å². The van der Waals surface area contributed by atoms with Crippen LogP contribution in [0.1, 0.15) is 13.8 Å². The summed E-state index contributed by atoms with van der Waals surface area (Å²) in [6.07, 6.45) is -0.631. The zero-order valence-corrected chi connectivity index (χ0v) is 13.9. The van der Waals surface area contributed by atoms with Crippen LogP contribution in [0.25, 0.3) is 0 Å². The summed E-state index contributed by atoms with van der Waals surface area (Å²) in [6, 6.07) is 6.52. The molecule has 0 unspecified atom stereocenters. The molecule has 0 aliphatic rings. The van der Waals surface area contributed by atoms with Gasteiger partial charge >= 0.3 is 6.09 Å². The van der Waals surface area contributed by atoms with E-state index in [0.717, 1.165) is 5.75 Å². The first-order chi connectivity index (χ1) is 11.0. The summed E-state index contributed by atoms with van der Waals surface area (Å²) in [5, 5.41) is 5.24. The second-order valence-corrected chi connectivity index (χ2v) is 5.17. The molecule has 0 spiro atoms. The minimum absolute atomic E-state index is 0.0587. The van der Waals surface area contributed by atoms with Gasteiger partial charge in [0.2, 0.25) is 5.91 Å². The smallest absolute Gasteiger partial charge is 0.407 e. The molecule has 0 fully saturated rings. The summed E-state index contributed by atoms with van der Waals surface area (Å²) in [6.45, 7) is 4.33. The van der Waals surface area contributed by atoms with Crippen LogP contribution in [0, 0.1) is 5.92 Å². The number of carbonyl (C=O) groups excluding carboxylic acids is 2. The fraction of sp³-hybridized carbons (Fsp3) is 0.500. The fourth-order valence-corrected chi connectivity index (χ4v) is 1.85. The van der Waals surface area contributed by atoms with Gasteiger partial charge in [0, 0.05) is 0 Å². The first kappa shape index (κ1) is 18.6. The van der Waals surface area contributed by atoms with Gasteiger partial charge in [0.05, 0.1) is 20.8 Å². The molecule has 0 radical (unpaired) electrons. The first-order valence-electron chi connectivity index (χ1n) is 7.37. The van der Waals surface area contributed by atoms with E-state index in [0.29, 0.717) is 18.9 Å². The molecular weight excluding hydrogens is 300 g/mol. The number of hydrogen-bond acceptors (Lipinski definition) is 5. The van der Waals surface area contributed by atoms with Crippen LogP contribution in [0.5, 0.6) is 11.5 Å². The Morgan fingerprint density at radius 3 is 2.22 bits per heavy atom. The topological polar surface area (TPSA) is 85.9 Å². The van der Waals surface area contributed by atoms with Crippen molar-refractivity contribution < 1.29 is 23.8 Å². The van der Waals surface area contributed by atoms with Gasteiger partial charge < -0.3 is 24.8 Å². The van der Waals surface area contributed by atoms with Crippen LogP contribution >= 0.6 is 0 Å². The number of amides is 2. The Bertz CT molecular complexity index is 502. The quantitative estimate of drug-likeness (QED) is 0.709. The Kier molecular flexibility index (Phi) is 7.73. The van der Waals surface area contributed by atoms with E-state index in [1.165, 1.54) is 7.11 Å². The van der Waals surface area contributed by atoms with E-state index < -0.39 is 12.1 Å². The molecular formula is C16H24N2O5. The average molecular weight is 324 g/mol. The molecule has 0 aliphatic heterocycles. The largest absolute Gasteiger partial charge is 0.497 e. The van der Waals surface area contributed by atoms with Crippen molar-refractivity contribution in [1.82, 2.24) is 10.6 Å². The molecule has 7 heteroatoms. The highest BCUT2D eigenvalue weighted by Gasteiger charge is 2.24. The van der Waals surface area contributed by atoms with Crippen molar-refractivity contribution in [3.63, 3.8) is 0 Å². The molecule has 1 aromatic carbocycles. The van der Waals surface area contributed by atoms with Crippen LogP contribution in [0.15, 0.2) is 24.3 Å². The van der Waals surface area contributed by atoms with Gasteiger partial charge in [-0.25, -0.2) is 4.79 Å². The minimum Gasteiger partial charge on any atom is -0.497 e. The van der Waals surface area contributed by atoms with Gasteiger partial charge in [0.1, 0.15) is 24.1 Å². The predicted molar refractivity (Wildman–Crippen MR) is 85.7 cm³/mol. The third-order valence-corrected chi connectivity index (χ3v) is 3.14. The van der Waals surface area contributed by atoms with Crippen LogP contribution in [0.2, 0.25) is 0 Å². The van der Waals surface area contributed by atoms with Gasteiger partial charge in [-0.2, -0.15) is 0 Å². The second-order valence-electron chi connectivity index (χ2n) is 5.17. The molecule has 128 valence electrons. The van der Waals surface area contributed by atoms with Crippen molar-refractivity contribution in [2.45, 2.75) is 19.9 Å². The third kappa shape index (κ3) is 6.46. The monoisotopic (exact) mass is 324 g/mol. The summed E-state index contributed by atoms with van der Waals surface area (Å²) in [5.41, 5.74) is 0. The highest BCUT2D eigenvalue weighted by atomic mass is 16.5. The second kappa shape index (κ2) is 9.55. The number of ether oxygens (including phenoxy) is 3. The summed E-state index contributed by atoms with van der Waals surface area (Å²) >= 11 is 0. The zero-order valence-electron chi connectivity index (χ0n) is 13.9. The minimum atomic E-state index is -0.650. The maximum atomic E-state index is 12.1. The van der Waals surface area contributed by atoms with Crippen molar-refractivity contribution >= 4 is 12.0 Å². The SMILES string of the molecule is COC(=O)N[C@H](C(=O)NCCOc1ccc(OC)cc1)C(C)C. The molecule has 0 heterocycles. The number of methoxy groups -OCH3 is 2. The van der Waals surface area contributed by atoms with Crippen molar-refractivity contribution in [2.24, 2.45) is 5.92 Å². The standard InChI is InChI=1S/C16H24N2O5/c1-11(2)14(18-16(20)22-4)15(19)17-9-10-23-13-7-5-12(21-3)6-8-13/h5-8,11,14H,9-10H2,1-4H3,(H,17,19)(H,18,20)/t14-/m0/s1. The van der Waals surface area contributed by atoms with E-state index >= 15 is 0 Å². The lowest BCUT2D eigenvalue weighted by atomic mass is 10.0. The summed E-state index contributed by atoms with van der Waals surface area (Å²) in [4.78, 5) is 23.3. The normalized spacial score (nSPS) is 11.5. The van der Waals surface area contributed by atoms with Crippen LogP contribution in [-0.4, -0.2) is 45.4 Å². The van der Waals surface area contributed by atoms with E-state index in [-0.39, 0.29) is 11.8 Å². The molecule has 0 saturated heterocycles. The molecule has 0 aromatic heterocycles. The molecule has 0 aliphatic carbocycles. The van der Waals surface area contributed by atoms with Crippen LogP contribution in [-0.2, 0) is 9.53 Å². The lowest BCUT2D eigenvalue weighted by molar-refractivity contribution is -0.124. The molecule has 23 heavy (non-hydrogen) atoms. The zero-order chi connectivity index (χ0) is 17.2. The van der Waals surface area contributed by atoms with E-state index in [9.17, 15) is 9.59 Å². The number of alkyl carbamates (subject to hydrolysis) is 1. The number of rotatable bonds is 8. The number of carbonyl (C=O) groups is 2. The Balaban J connectivity index is 2.37. The van der Waals surface area contributed by atoms with Crippen molar-refractivity contribution in [2.75, 3.05) is 27.4 Å². The van der Waals surface area contributed by atoms with Gasteiger partial charge in [-0.1, -0.05) is 13.8 Å². The lowest BCUT2D eigenvalue weighted by Gasteiger charge is -2.20. The Labute approximate surface area is 136 Å². The van der Waals surface area contributed by atoms with Gasteiger partial charge in [0.15, 0.2) is 0 Å². The highest BCUT2D eigenvalue weighted by Crippen LogP contribution is 2.16. The summed E-state index contributed by atoms with van der Waals surface area (Å²) in [7, 11) is 2.85. The molecule has 0 bridgehead atoms. The maximum Gasteiger partial charge on any atom is 0.407 e. The van der Waals surface area contributed by atoms with Gasteiger partial charge in [0.25, 0.3) is 0 Å². The number of hydrogen-bond donors (Lipinski definition) is 2. The van der Waals surface area contributed by atoms with Crippen molar-refractivity contribution in [3.8, 4) is 11.5 Å². The first-order valence-corrected chi connectivity index (χ1v) is 7.37. The van der Waals surface area contributed by atoms with E-state index in [1.807, 2.05) is 13.8 Å². The molecule has 1 aromatic rings. The molecule has 7 nitrogen and oxygen atoms in total. The Morgan fingerprint density at radius 1 is 1.09 bits per heavy atom. The molecule has 0 saturated carbocycles. The maximum absolute atomic E-state index is 12.1. The lowest BCUT2D eigenvalue weighted by Crippen LogP contribution is -2.50. The molecule has 2 amide bonds. The average Bonchev–Trinajstić information content (AvgIpc) is 2.56. The summed E-state index contributed by atoms with van der Waals surface area (Å²) in [5.74, 6) is 1.10. The van der Waals surface area contributed by atoms with Crippen LogP contribution in [0.4, 0.5) is 4.79 Å². The molecule has 1 rings (SSSR count). The fourth-order valence-electron chi connectivity index (χ4n) is 1.85. The Hall–Kier alpha value is -2.44. The van der Waals surface area contributed by atoms with Gasteiger partial charge in [-0.05, 0) is 30.2 Å². The summed E-state index contributed by atoms with van der Waals surface area (Å²) < 4.78 is 15.1.